The summed E-state index contributed by atoms with van der Waals surface area (Å²) in [6.07, 6.45) is -0.171. The summed E-state index contributed by atoms with van der Waals surface area (Å²) in [7, 11) is 1.25. The zero-order valence-corrected chi connectivity index (χ0v) is 20.6. The number of alkyl carbamates (subject to hydrolysis) is 1. The standard InChI is InChI=1S/C24H37N3O6/c1-8-17(26-23(31)33-24(4,5)6)20(28)27-19(15(2)3)21(29)25-18(22(30)32-7)14-16-12-10-9-11-13-16/h9-13,15,17-19H,8,14H2,1-7H3,(H,25,29)(H,26,31)(H,27,28)/t17-,18+,19+/m1/s1. The fourth-order valence-electron chi connectivity index (χ4n) is 3.04. The Morgan fingerprint density at radius 2 is 1.52 bits per heavy atom. The quantitative estimate of drug-likeness (QED) is 0.458. The van der Waals surface area contributed by atoms with Gasteiger partial charge in [0.2, 0.25) is 11.8 Å². The molecule has 3 amide bonds. The van der Waals surface area contributed by atoms with Crippen LogP contribution in [0.5, 0.6) is 0 Å². The molecule has 0 saturated heterocycles. The normalized spacial score (nSPS) is 13.9. The molecule has 0 aliphatic carbocycles. The first kappa shape index (κ1) is 27.9. The van der Waals surface area contributed by atoms with Gasteiger partial charge in [0.05, 0.1) is 7.11 Å². The Morgan fingerprint density at radius 1 is 0.909 bits per heavy atom. The van der Waals surface area contributed by atoms with E-state index in [1.807, 2.05) is 30.3 Å². The molecule has 3 atom stereocenters. The highest BCUT2D eigenvalue weighted by Gasteiger charge is 2.31. The summed E-state index contributed by atoms with van der Waals surface area (Å²) in [5.74, 6) is -1.89. The van der Waals surface area contributed by atoms with Crippen molar-refractivity contribution in [3.05, 3.63) is 35.9 Å². The number of ether oxygens (including phenoxy) is 2. The molecule has 9 nitrogen and oxygen atoms in total. The van der Waals surface area contributed by atoms with Crippen molar-refractivity contribution in [1.29, 1.82) is 0 Å². The molecule has 0 spiro atoms. The molecule has 9 heteroatoms. The number of hydrogen-bond donors (Lipinski definition) is 3. The number of benzene rings is 1. The molecule has 0 radical (unpaired) electrons. The zero-order chi connectivity index (χ0) is 25.2. The highest BCUT2D eigenvalue weighted by atomic mass is 16.6. The van der Waals surface area contributed by atoms with Crippen LogP contribution in [0.15, 0.2) is 30.3 Å². The third-order valence-corrected chi connectivity index (χ3v) is 4.75. The van der Waals surface area contributed by atoms with Crippen LogP contribution in [-0.4, -0.2) is 54.7 Å². The molecule has 1 rings (SSSR count). The van der Waals surface area contributed by atoms with E-state index in [1.54, 1.807) is 41.5 Å². The molecular formula is C24H37N3O6. The van der Waals surface area contributed by atoms with Crippen molar-refractivity contribution >= 4 is 23.9 Å². The number of hydrogen-bond acceptors (Lipinski definition) is 6. The summed E-state index contributed by atoms with van der Waals surface area (Å²) < 4.78 is 10.1. The fraction of sp³-hybridized carbons (Fsp3) is 0.583. The number of amides is 3. The van der Waals surface area contributed by atoms with Crippen LogP contribution in [0.2, 0.25) is 0 Å². The zero-order valence-electron chi connectivity index (χ0n) is 20.6. The minimum Gasteiger partial charge on any atom is -0.467 e. The minimum absolute atomic E-state index is 0.246. The average molecular weight is 464 g/mol. The Kier molecular flexibility index (Phi) is 10.8. The van der Waals surface area contributed by atoms with Gasteiger partial charge in [-0.15, -0.1) is 0 Å². The number of rotatable bonds is 10. The van der Waals surface area contributed by atoms with Crippen LogP contribution in [0.3, 0.4) is 0 Å². The van der Waals surface area contributed by atoms with Crippen molar-refractivity contribution in [1.82, 2.24) is 16.0 Å². The van der Waals surface area contributed by atoms with Crippen molar-refractivity contribution in [3.8, 4) is 0 Å². The number of carbonyl (C=O) groups excluding carboxylic acids is 4. The largest absolute Gasteiger partial charge is 0.467 e. The van der Waals surface area contributed by atoms with Crippen LogP contribution in [0.1, 0.15) is 53.5 Å². The number of methoxy groups -OCH3 is 1. The summed E-state index contributed by atoms with van der Waals surface area (Å²) in [5.41, 5.74) is 0.145. The Bertz CT molecular complexity index is 804. The lowest BCUT2D eigenvalue weighted by Crippen LogP contribution is -2.57. The van der Waals surface area contributed by atoms with Crippen LogP contribution >= 0.6 is 0 Å². The van der Waals surface area contributed by atoms with E-state index in [0.29, 0.717) is 6.42 Å². The van der Waals surface area contributed by atoms with E-state index in [4.69, 9.17) is 9.47 Å². The van der Waals surface area contributed by atoms with Gasteiger partial charge >= 0.3 is 12.1 Å². The molecule has 0 aromatic heterocycles. The topological polar surface area (TPSA) is 123 Å². The van der Waals surface area contributed by atoms with Gasteiger partial charge in [-0.1, -0.05) is 51.1 Å². The maximum atomic E-state index is 13.0. The predicted octanol–water partition coefficient (Wildman–Crippen LogP) is 2.33. The lowest BCUT2D eigenvalue weighted by molar-refractivity contribution is -0.145. The van der Waals surface area contributed by atoms with Gasteiger partial charge in [0.25, 0.3) is 0 Å². The smallest absolute Gasteiger partial charge is 0.408 e. The van der Waals surface area contributed by atoms with E-state index >= 15 is 0 Å². The van der Waals surface area contributed by atoms with Gasteiger partial charge in [-0.05, 0) is 38.7 Å². The summed E-state index contributed by atoms with van der Waals surface area (Å²) in [6.45, 7) is 10.5. The average Bonchev–Trinajstić information content (AvgIpc) is 2.73. The van der Waals surface area contributed by atoms with Crippen LogP contribution in [0.25, 0.3) is 0 Å². The van der Waals surface area contributed by atoms with Crippen molar-refractivity contribution in [2.75, 3.05) is 7.11 Å². The Morgan fingerprint density at radius 3 is 2.00 bits per heavy atom. The molecule has 184 valence electrons. The fourth-order valence-corrected chi connectivity index (χ4v) is 3.04. The second-order valence-corrected chi connectivity index (χ2v) is 9.11. The molecule has 33 heavy (non-hydrogen) atoms. The summed E-state index contributed by atoms with van der Waals surface area (Å²) in [4.78, 5) is 50.2. The number of carbonyl (C=O) groups is 4. The molecule has 0 unspecified atom stereocenters. The third-order valence-electron chi connectivity index (χ3n) is 4.75. The Balaban J connectivity index is 2.89. The Labute approximate surface area is 196 Å². The molecule has 0 saturated carbocycles. The van der Waals surface area contributed by atoms with Gasteiger partial charge < -0.3 is 25.4 Å². The van der Waals surface area contributed by atoms with Gasteiger partial charge in [0, 0.05) is 6.42 Å². The van der Waals surface area contributed by atoms with Gasteiger partial charge in [-0.3, -0.25) is 9.59 Å². The van der Waals surface area contributed by atoms with Gasteiger partial charge in [0.15, 0.2) is 0 Å². The van der Waals surface area contributed by atoms with Gasteiger partial charge in [0.1, 0.15) is 23.7 Å². The van der Waals surface area contributed by atoms with Crippen molar-refractivity contribution in [3.63, 3.8) is 0 Å². The summed E-state index contributed by atoms with van der Waals surface area (Å²) in [5, 5.41) is 7.91. The molecule has 0 aliphatic heterocycles. The van der Waals surface area contributed by atoms with Crippen LogP contribution < -0.4 is 16.0 Å². The maximum Gasteiger partial charge on any atom is 0.408 e. The van der Waals surface area contributed by atoms with Crippen molar-refractivity contribution in [2.24, 2.45) is 5.92 Å². The molecule has 1 aromatic carbocycles. The minimum atomic E-state index is -0.921. The first-order valence-corrected chi connectivity index (χ1v) is 11.1. The highest BCUT2D eigenvalue weighted by Crippen LogP contribution is 2.10. The monoisotopic (exact) mass is 463 g/mol. The van der Waals surface area contributed by atoms with Gasteiger partial charge in [-0.2, -0.15) is 0 Å². The second kappa shape index (κ2) is 12.8. The van der Waals surface area contributed by atoms with E-state index in [1.165, 1.54) is 7.11 Å². The van der Waals surface area contributed by atoms with Crippen molar-refractivity contribution < 1.29 is 28.7 Å². The van der Waals surface area contributed by atoms with E-state index in [-0.39, 0.29) is 12.3 Å². The van der Waals surface area contributed by atoms with E-state index in [9.17, 15) is 19.2 Å². The van der Waals surface area contributed by atoms with Crippen molar-refractivity contribution in [2.45, 2.75) is 78.1 Å². The maximum absolute atomic E-state index is 13.0. The second-order valence-electron chi connectivity index (χ2n) is 9.11. The SMILES string of the molecule is CC[C@@H](NC(=O)OC(C)(C)C)C(=O)N[C@H](C(=O)N[C@@H](Cc1ccccc1)C(=O)OC)C(C)C. The number of nitrogens with one attached hydrogen (secondary N) is 3. The third kappa shape index (κ3) is 9.93. The van der Waals surface area contributed by atoms with E-state index in [0.717, 1.165) is 5.56 Å². The first-order chi connectivity index (χ1) is 15.4. The highest BCUT2D eigenvalue weighted by molar-refractivity contribution is 5.93. The molecule has 3 N–H and O–H groups in total. The molecular weight excluding hydrogens is 426 g/mol. The molecule has 0 fully saturated rings. The van der Waals surface area contributed by atoms with E-state index in [2.05, 4.69) is 16.0 Å². The molecule has 0 heterocycles. The van der Waals surface area contributed by atoms with Crippen LogP contribution in [-0.2, 0) is 30.3 Å². The van der Waals surface area contributed by atoms with Crippen LogP contribution in [0.4, 0.5) is 4.79 Å². The first-order valence-electron chi connectivity index (χ1n) is 11.1. The summed E-state index contributed by atoms with van der Waals surface area (Å²) >= 11 is 0. The van der Waals surface area contributed by atoms with E-state index < -0.39 is 47.6 Å². The Hall–Kier alpha value is -3.10. The van der Waals surface area contributed by atoms with Gasteiger partial charge in [-0.25, -0.2) is 9.59 Å². The summed E-state index contributed by atoms with van der Waals surface area (Å²) in [6, 6.07) is 6.51. The number of esters is 1. The molecule has 0 aliphatic rings. The molecule has 0 bridgehead atoms. The van der Waals surface area contributed by atoms with Crippen LogP contribution in [0, 0.1) is 5.92 Å². The predicted molar refractivity (Wildman–Crippen MR) is 124 cm³/mol. The lowest BCUT2D eigenvalue weighted by atomic mass is 10.0. The molecule has 1 aromatic rings. The lowest BCUT2D eigenvalue weighted by Gasteiger charge is -2.27.